The van der Waals surface area contributed by atoms with Gasteiger partial charge in [-0.15, -0.1) is 0 Å². The number of hydrogen-bond acceptors (Lipinski definition) is 4. The summed E-state index contributed by atoms with van der Waals surface area (Å²) in [6.07, 6.45) is 0.559. The molecule has 0 spiro atoms. The number of carbonyl (C=O) groups excluding carboxylic acids is 2. The number of allylic oxidation sites excluding steroid dienone is 1. The molecule has 0 bridgehead atoms. The van der Waals surface area contributed by atoms with Crippen LogP contribution in [0.1, 0.15) is 12.5 Å². The number of ketones is 1. The minimum atomic E-state index is -0.334. The van der Waals surface area contributed by atoms with Crippen LogP contribution in [0.2, 0.25) is 0 Å². The van der Waals surface area contributed by atoms with E-state index in [0.717, 1.165) is 10.0 Å². The van der Waals surface area contributed by atoms with Crippen molar-refractivity contribution in [1.82, 2.24) is 5.32 Å². The molecule has 0 unspecified atom stereocenters. The first-order valence-electron chi connectivity index (χ1n) is 5.88. The SMILES string of the molecule is CC(=O)/C(C#N)=C1\NC(=O)[C@@H](Cc2ccc(Br)cc2)S1. The lowest BCUT2D eigenvalue weighted by molar-refractivity contribution is -0.119. The van der Waals surface area contributed by atoms with Gasteiger partial charge in [-0.1, -0.05) is 39.8 Å². The van der Waals surface area contributed by atoms with Crippen LogP contribution in [0.4, 0.5) is 0 Å². The van der Waals surface area contributed by atoms with Crippen molar-refractivity contribution in [3.05, 3.63) is 44.9 Å². The van der Waals surface area contributed by atoms with Crippen LogP contribution >= 0.6 is 27.7 Å². The molecule has 0 saturated carbocycles. The fraction of sp³-hybridized carbons (Fsp3) is 0.214. The maximum atomic E-state index is 11.9. The first-order chi connectivity index (χ1) is 9.51. The molecule has 1 fully saturated rings. The number of amides is 1. The van der Waals surface area contributed by atoms with Crippen molar-refractivity contribution in [2.45, 2.75) is 18.6 Å². The van der Waals surface area contributed by atoms with Crippen LogP contribution in [0.25, 0.3) is 0 Å². The number of benzene rings is 1. The summed E-state index contributed by atoms with van der Waals surface area (Å²) in [5, 5.41) is 11.6. The molecule has 1 aliphatic rings. The number of halogens is 1. The molecule has 0 aromatic heterocycles. The second-order valence-electron chi connectivity index (χ2n) is 4.30. The highest BCUT2D eigenvalue weighted by atomic mass is 79.9. The molecule has 1 N–H and O–H groups in total. The molecular formula is C14H11BrN2O2S. The van der Waals surface area contributed by atoms with Crippen LogP contribution in [-0.2, 0) is 16.0 Å². The van der Waals surface area contributed by atoms with Gasteiger partial charge in [-0.3, -0.25) is 9.59 Å². The van der Waals surface area contributed by atoms with Gasteiger partial charge >= 0.3 is 0 Å². The van der Waals surface area contributed by atoms with E-state index in [1.165, 1.54) is 18.7 Å². The number of carbonyl (C=O) groups is 2. The monoisotopic (exact) mass is 350 g/mol. The van der Waals surface area contributed by atoms with Crippen molar-refractivity contribution in [2.24, 2.45) is 0 Å². The van der Waals surface area contributed by atoms with Crippen molar-refractivity contribution in [2.75, 3.05) is 0 Å². The molecule has 4 nitrogen and oxygen atoms in total. The Bertz CT molecular complexity index is 632. The highest BCUT2D eigenvalue weighted by molar-refractivity contribution is 9.10. The summed E-state index contributed by atoms with van der Waals surface area (Å²) >= 11 is 4.60. The van der Waals surface area contributed by atoms with Gasteiger partial charge in [0.2, 0.25) is 5.91 Å². The second-order valence-corrected chi connectivity index (χ2v) is 6.43. The van der Waals surface area contributed by atoms with Crippen molar-refractivity contribution >= 4 is 39.4 Å². The summed E-state index contributed by atoms with van der Waals surface area (Å²) in [5.74, 6) is -0.499. The molecule has 1 atom stereocenters. The molecule has 1 aromatic carbocycles. The fourth-order valence-electron chi connectivity index (χ4n) is 1.80. The number of nitrogens with zero attached hydrogens (tertiary/aromatic N) is 1. The minimum absolute atomic E-state index is 0.0154. The Kier molecular flexibility index (Phi) is 4.63. The summed E-state index contributed by atoms with van der Waals surface area (Å²) in [6.45, 7) is 1.32. The highest BCUT2D eigenvalue weighted by Gasteiger charge is 2.31. The first-order valence-corrected chi connectivity index (χ1v) is 7.56. The van der Waals surface area contributed by atoms with Crippen molar-refractivity contribution in [3.63, 3.8) is 0 Å². The van der Waals surface area contributed by atoms with E-state index >= 15 is 0 Å². The van der Waals surface area contributed by atoms with E-state index in [-0.39, 0.29) is 22.5 Å². The summed E-state index contributed by atoms with van der Waals surface area (Å²) in [6, 6.07) is 9.56. The molecule has 1 aliphatic heterocycles. The average Bonchev–Trinajstić information content (AvgIpc) is 2.74. The Morgan fingerprint density at radius 3 is 2.65 bits per heavy atom. The van der Waals surface area contributed by atoms with Crippen molar-refractivity contribution in [3.8, 4) is 6.07 Å². The number of nitriles is 1. The Labute approximate surface area is 129 Å². The Morgan fingerprint density at radius 2 is 2.10 bits per heavy atom. The summed E-state index contributed by atoms with van der Waals surface area (Å²) in [7, 11) is 0. The van der Waals surface area contributed by atoms with Gasteiger partial charge in [0.15, 0.2) is 5.78 Å². The normalized spacial score (nSPS) is 20.2. The standard InChI is InChI=1S/C14H11BrN2O2S/c1-8(18)11(7-16)14-17-13(19)12(20-14)6-9-2-4-10(15)5-3-9/h2-5,12H,6H2,1H3,(H,17,19)/b14-11+/t12-/m1/s1. The van der Waals surface area contributed by atoms with E-state index in [1.807, 2.05) is 30.3 Å². The smallest absolute Gasteiger partial charge is 0.238 e. The van der Waals surface area contributed by atoms with Gasteiger partial charge in [-0.05, 0) is 31.0 Å². The van der Waals surface area contributed by atoms with Gasteiger partial charge < -0.3 is 5.32 Å². The number of nitrogens with one attached hydrogen (secondary N) is 1. The topological polar surface area (TPSA) is 70.0 Å². The lowest BCUT2D eigenvalue weighted by Crippen LogP contribution is -2.24. The van der Waals surface area contributed by atoms with Crippen LogP contribution in [0, 0.1) is 11.3 Å². The summed E-state index contributed by atoms with van der Waals surface area (Å²) in [4.78, 5) is 23.2. The summed E-state index contributed by atoms with van der Waals surface area (Å²) < 4.78 is 0.980. The van der Waals surface area contributed by atoms with E-state index < -0.39 is 0 Å². The van der Waals surface area contributed by atoms with Crippen LogP contribution in [0.3, 0.4) is 0 Å². The molecule has 20 heavy (non-hydrogen) atoms. The van der Waals surface area contributed by atoms with E-state index in [1.54, 1.807) is 0 Å². The van der Waals surface area contributed by atoms with E-state index in [4.69, 9.17) is 5.26 Å². The Hall–Kier alpha value is -1.58. The van der Waals surface area contributed by atoms with Gasteiger partial charge in [-0.2, -0.15) is 5.26 Å². The molecule has 102 valence electrons. The molecule has 0 aliphatic carbocycles. The van der Waals surface area contributed by atoms with Crippen LogP contribution in [0.15, 0.2) is 39.3 Å². The zero-order chi connectivity index (χ0) is 14.7. The third-order valence-electron chi connectivity index (χ3n) is 2.81. The lowest BCUT2D eigenvalue weighted by Gasteiger charge is -2.05. The largest absolute Gasteiger partial charge is 0.318 e. The zero-order valence-corrected chi connectivity index (χ0v) is 13.0. The fourth-order valence-corrected chi connectivity index (χ4v) is 3.25. The van der Waals surface area contributed by atoms with Crippen LogP contribution in [0.5, 0.6) is 0 Å². The zero-order valence-electron chi connectivity index (χ0n) is 10.6. The molecule has 1 saturated heterocycles. The Balaban J connectivity index is 2.16. The Morgan fingerprint density at radius 1 is 1.45 bits per heavy atom. The maximum Gasteiger partial charge on any atom is 0.238 e. The van der Waals surface area contributed by atoms with E-state index in [9.17, 15) is 9.59 Å². The van der Waals surface area contributed by atoms with Crippen LogP contribution < -0.4 is 5.32 Å². The van der Waals surface area contributed by atoms with Gasteiger partial charge in [0.1, 0.15) is 11.6 Å². The minimum Gasteiger partial charge on any atom is -0.318 e. The van der Waals surface area contributed by atoms with Gasteiger partial charge in [0.25, 0.3) is 0 Å². The molecule has 6 heteroatoms. The quantitative estimate of drug-likeness (QED) is 0.671. The third-order valence-corrected chi connectivity index (χ3v) is 4.55. The molecule has 1 heterocycles. The van der Waals surface area contributed by atoms with E-state index in [0.29, 0.717) is 11.4 Å². The van der Waals surface area contributed by atoms with Gasteiger partial charge in [0.05, 0.1) is 10.3 Å². The molecule has 0 radical (unpaired) electrons. The predicted octanol–water partition coefficient (Wildman–Crippen LogP) is 2.55. The molecular weight excluding hydrogens is 340 g/mol. The lowest BCUT2D eigenvalue weighted by atomic mass is 10.1. The third kappa shape index (κ3) is 3.30. The first kappa shape index (κ1) is 14.8. The predicted molar refractivity (Wildman–Crippen MR) is 80.7 cm³/mol. The number of thioether (sulfide) groups is 1. The number of rotatable bonds is 3. The van der Waals surface area contributed by atoms with Crippen LogP contribution in [-0.4, -0.2) is 16.9 Å². The second kappa shape index (κ2) is 6.25. The number of Topliss-reactive ketones (excluding diaryl/α,β-unsaturated/α-hetero) is 1. The summed E-state index contributed by atoms with van der Waals surface area (Å²) in [5.41, 5.74) is 1.05. The number of hydrogen-bond donors (Lipinski definition) is 1. The van der Waals surface area contributed by atoms with E-state index in [2.05, 4.69) is 21.2 Å². The molecule has 2 rings (SSSR count). The molecule has 1 amide bonds. The highest BCUT2D eigenvalue weighted by Crippen LogP contribution is 2.32. The van der Waals surface area contributed by atoms with Gasteiger partial charge in [-0.25, -0.2) is 0 Å². The molecule has 1 aromatic rings. The van der Waals surface area contributed by atoms with Crippen molar-refractivity contribution in [1.29, 1.82) is 5.26 Å². The van der Waals surface area contributed by atoms with Crippen molar-refractivity contribution < 1.29 is 9.59 Å². The van der Waals surface area contributed by atoms with Gasteiger partial charge in [0, 0.05) is 4.47 Å². The average molecular weight is 351 g/mol. The maximum absolute atomic E-state index is 11.9.